The number of piperidine rings is 1. The first-order valence-electron chi connectivity index (χ1n) is 8.43. The molecular weight excluding hydrogens is 320 g/mol. The van der Waals surface area contributed by atoms with Crippen LogP contribution in [0.3, 0.4) is 0 Å². The number of aromatic nitrogens is 2. The lowest BCUT2D eigenvalue weighted by atomic mass is 9.96. The lowest BCUT2D eigenvalue weighted by Gasteiger charge is -2.30. The fraction of sp³-hybridized carbons (Fsp3) is 0.444. The van der Waals surface area contributed by atoms with Gasteiger partial charge in [0.1, 0.15) is 11.6 Å². The third kappa shape index (κ3) is 3.55. The summed E-state index contributed by atoms with van der Waals surface area (Å²) in [7, 11) is 1.61. The number of hydrogen-bond acceptors (Lipinski definition) is 4. The summed E-state index contributed by atoms with van der Waals surface area (Å²) in [6.07, 6.45) is 2.78. The van der Waals surface area contributed by atoms with Gasteiger partial charge < -0.3 is 25.0 Å². The van der Waals surface area contributed by atoms with Gasteiger partial charge in [-0.15, -0.1) is 0 Å². The van der Waals surface area contributed by atoms with Gasteiger partial charge in [-0.1, -0.05) is 6.07 Å². The molecular formula is C18H24N4O3. The van der Waals surface area contributed by atoms with Crippen molar-refractivity contribution >= 4 is 11.8 Å². The molecule has 3 N–H and O–H groups in total. The predicted molar refractivity (Wildman–Crippen MR) is 95.7 cm³/mol. The molecule has 1 fully saturated rings. The van der Waals surface area contributed by atoms with Crippen LogP contribution in [0.25, 0.3) is 11.3 Å². The number of methoxy groups -OCH3 is 1. The zero-order valence-electron chi connectivity index (χ0n) is 14.6. The van der Waals surface area contributed by atoms with Crippen LogP contribution >= 0.6 is 0 Å². The first-order chi connectivity index (χ1) is 12.0. The van der Waals surface area contributed by atoms with Crippen molar-refractivity contribution in [2.75, 3.05) is 25.9 Å². The number of rotatable bonds is 4. The first kappa shape index (κ1) is 17.1. The van der Waals surface area contributed by atoms with Crippen LogP contribution in [-0.4, -0.2) is 45.9 Å². The van der Waals surface area contributed by atoms with Crippen molar-refractivity contribution in [1.29, 1.82) is 0 Å². The van der Waals surface area contributed by atoms with Gasteiger partial charge in [-0.25, -0.2) is 9.78 Å². The van der Waals surface area contributed by atoms with Crippen LogP contribution in [0.1, 0.15) is 18.7 Å². The third-order valence-corrected chi connectivity index (χ3v) is 4.91. The molecule has 7 nitrogen and oxygen atoms in total. The number of anilines is 1. The number of imidazole rings is 1. The zero-order chi connectivity index (χ0) is 18.0. The van der Waals surface area contributed by atoms with Crippen LogP contribution in [0.5, 0.6) is 5.75 Å². The lowest BCUT2D eigenvalue weighted by Crippen LogP contribution is -2.38. The van der Waals surface area contributed by atoms with Gasteiger partial charge in [-0.05, 0) is 37.8 Å². The highest BCUT2D eigenvalue weighted by atomic mass is 16.5. The molecule has 2 aromatic rings. The number of amides is 1. The molecule has 1 aliphatic rings. The normalized spacial score (nSPS) is 15.4. The number of nitrogen functional groups attached to an aromatic ring is 1. The van der Waals surface area contributed by atoms with Gasteiger partial charge in [0.05, 0.1) is 24.7 Å². The van der Waals surface area contributed by atoms with E-state index in [-0.39, 0.29) is 0 Å². The molecule has 0 aliphatic carbocycles. The molecule has 1 aromatic heterocycles. The van der Waals surface area contributed by atoms with E-state index in [9.17, 15) is 4.79 Å². The Kier molecular flexibility index (Phi) is 4.83. The Morgan fingerprint density at radius 3 is 2.76 bits per heavy atom. The molecule has 2 heterocycles. The van der Waals surface area contributed by atoms with E-state index in [4.69, 9.17) is 15.6 Å². The number of benzene rings is 1. The van der Waals surface area contributed by atoms with E-state index in [2.05, 4.69) is 9.55 Å². The summed E-state index contributed by atoms with van der Waals surface area (Å²) in [5.74, 6) is 2.04. The summed E-state index contributed by atoms with van der Waals surface area (Å²) in [5, 5.41) is 9.08. The number of nitrogens with zero attached hydrogens (tertiary/aromatic N) is 3. The van der Waals surface area contributed by atoms with Crippen LogP contribution < -0.4 is 10.5 Å². The van der Waals surface area contributed by atoms with Crippen molar-refractivity contribution < 1.29 is 14.6 Å². The average Bonchev–Trinajstić information content (AvgIpc) is 2.96. The molecule has 0 bridgehead atoms. The molecule has 0 spiro atoms. The standard InChI is InChI=1S/C18H24N4O3/c1-12-20-10-16(14-3-4-15(19)17(9-14)25-2)22(12)11-13-5-7-21(8-6-13)18(23)24/h3-4,9-10,13H,5-8,11,19H2,1-2H3,(H,23,24). The fourth-order valence-electron chi connectivity index (χ4n) is 3.36. The van der Waals surface area contributed by atoms with E-state index in [1.807, 2.05) is 31.3 Å². The lowest BCUT2D eigenvalue weighted by molar-refractivity contribution is 0.121. The smallest absolute Gasteiger partial charge is 0.407 e. The maximum absolute atomic E-state index is 11.0. The summed E-state index contributed by atoms with van der Waals surface area (Å²) in [6.45, 7) is 4.02. The van der Waals surface area contributed by atoms with Crippen LogP contribution in [0.2, 0.25) is 0 Å². The molecule has 1 aliphatic heterocycles. The van der Waals surface area contributed by atoms with Gasteiger partial charge in [0.25, 0.3) is 0 Å². The summed E-state index contributed by atoms with van der Waals surface area (Å²) in [4.78, 5) is 17.0. The number of hydrogen-bond donors (Lipinski definition) is 2. The second-order valence-electron chi connectivity index (χ2n) is 6.47. The Bertz CT molecular complexity index is 764. The number of aryl methyl sites for hydroxylation is 1. The maximum Gasteiger partial charge on any atom is 0.407 e. The number of carbonyl (C=O) groups is 1. The second-order valence-corrected chi connectivity index (χ2v) is 6.47. The highest BCUT2D eigenvalue weighted by Gasteiger charge is 2.24. The van der Waals surface area contributed by atoms with Gasteiger partial charge in [-0.2, -0.15) is 0 Å². The van der Waals surface area contributed by atoms with Crippen LogP contribution in [0.4, 0.5) is 10.5 Å². The second kappa shape index (κ2) is 7.04. The Morgan fingerprint density at radius 1 is 1.40 bits per heavy atom. The van der Waals surface area contributed by atoms with Gasteiger partial charge in [0, 0.05) is 25.2 Å². The van der Waals surface area contributed by atoms with Gasteiger partial charge in [-0.3, -0.25) is 0 Å². The quantitative estimate of drug-likeness (QED) is 0.832. The van der Waals surface area contributed by atoms with Crippen molar-refractivity contribution in [1.82, 2.24) is 14.5 Å². The van der Waals surface area contributed by atoms with Crippen molar-refractivity contribution in [3.63, 3.8) is 0 Å². The fourth-order valence-corrected chi connectivity index (χ4v) is 3.36. The first-order valence-corrected chi connectivity index (χ1v) is 8.43. The maximum atomic E-state index is 11.0. The number of nitrogens with two attached hydrogens (primary N) is 1. The summed E-state index contributed by atoms with van der Waals surface area (Å²) >= 11 is 0. The molecule has 0 atom stereocenters. The van der Waals surface area contributed by atoms with Crippen molar-refractivity contribution in [2.45, 2.75) is 26.3 Å². The summed E-state index contributed by atoms with van der Waals surface area (Å²) < 4.78 is 7.52. The zero-order valence-corrected chi connectivity index (χ0v) is 14.6. The van der Waals surface area contributed by atoms with Gasteiger partial charge in [0.2, 0.25) is 0 Å². The van der Waals surface area contributed by atoms with Crippen molar-refractivity contribution in [3.05, 3.63) is 30.2 Å². The van der Waals surface area contributed by atoms with Gasteiger partial charge in [0.15, 0.2) is 0 Å². The van der Waals surface area contributed by atoms with Crippen molar-refractivity contribution in [2.24, 2.45) is 5.92 Å². The van der Waals surface area contributed by atoms with E-state index in [0.717, 1.165) is 36.5 Å². The van der Waals surface area contributed by atoms with E-state index in [0.29, 0.717) is 30.4 Å². The number of ether oxygens (including phenoxy) is 1. The molecule has 0 saturated carbocycles. The van der Waals surface area contributed by atoms with Gasteiger partial charge >= 0.3 is 6.09 Å². The monoisotopic (exact) mass is 344 g/mol. The average molecular weight is 344 g/mol. The van der Waals surface area contributed by atoms with Crippen LogP contribution in [0.15, 0.2) is 24.4 Å². The molecule has 7 heteroatoms. The Morgan fingerprint density at radius 2 is 2.12 bits per heavy atom. The SMILES string of the molecule is COc1cc(-c2cnc(C)n2CC2CCN(C(=O)O)CC2)ccc1N. The minimum Gasteiger partial charge on any atom is -0.495 e. The van der Waals surface area contributed by atoms with E-state index in [1.165, 1.54) is 4.90 Å². The number of likely N-dealkylation sites (tertiary alicyclic amines) is 1. The third-order valence-electron chi connectivity index (χ3n) is 4.91. The van der Waals surface area contributed by atoms with E-state index in [1.54, 1.807) is 7.11 Å². The molecule has 1 saturated heterocycles. The predicted octanol–water partition coefficient (Wildman–Crippen LogP) is 2.84. The Labute approximate surface area is 147 Å². The molecule has 134 valence electrons. The largest absolute Gasteiger partial charge is 0.495 e. The van der Waals surface area contributed by atoms with E-state index >= 15 is 0 Å². The highest BCUT2D eigenvalue weighted by Crippen LogP contribution is 2.30. The minimum absolute atomic E-state index is 0.443. The molecule has 0 radical (unpaired) electrons. The molecule has 0 unspecified atom stereocenters. The summed E-state index contributed by atoms with van der Waals surface area (Å²) in [5.41, 5.74) is 8.55. The minimum atomic E-state index is -0.827. The molecule has 25 heavy (non-hydrogen) atoms. The number of carboxylic acid groups (broad SMARTS) is 1. The van der Waals surface area contributed by atoms with E-state index < -0.39 is 6.09 Å². The van der Waals surface area contributed by atoms with Crippen LogP contribution in [0, 0.1) is 12.8 Å². The molecule has 3 rings (SSSR count). The van der Waals surface area contributed by atoms with Crippen molar-refractivity contribution in [3.8, 4) is 17.0 Å². The van der Waals surface area contributed by atoms with Crippen LogP contribution in [-0.2, 0) is 6.54 Å². The molecule has 1 aromatic carbocycles. The highest BCUT2D eigenvalue weighted by molar-refractivity contribution is 5.67. The Hall–Kier alpha value is -2.70. The Balaban J connectivity index is 1.80. The topological polar surface area (TPSA) is 93.6 Å². The summed E-state index contributed by atoms with van der Waals surface area (Å²) in [6, 6.07) is 5.74. The molecule has 1 amide bonds.